The molecule has 0 atom stereocenters. The van der Waals surface area contributed by atoms with Gasteiger partial charge in [-0.15, -0.1) is 0 Å². The van der Waals surface area contributed by atoms with E-state index in [0.717, 1.165) is 57.1 Å². The van der Waals surface area contributed by atoms with E-state index in [2.05, 4.69) is 45.5 Å². The Morgan fingerprint density at radius 1 is 0.872 bits per heavy atom. The van der Waals surface area contributed by atoms with Crippen LogP contribution in [0.1, 0.15) is 60.0 Å². The Labute approximate surface area is 234 Å². The number of aryl methyl sites for hydroxylation is 1. The number of carbonyl (C=O) groups is 2. The molecule has 0 saturated carbocycles. The first-order valence-electron chi connectivity index (χ1n) is 12.8. The largest absolute Gasteiger partial charge is 0.480 e. The van der Waals surface area contributed by atoms with Crippen molar-refractivity contribution in [2.75, 3.05) is 13.2 Å². The van der Waals surface area contributed by atoms with E-state index in [4.69, 9.17) is 9.84 Å². The molecule has 3 aromatic carbocycles. The summed E-state index contributed by atoms with van der Waals surface area (Å²) in [6.07, 6.45) is 2.82. The molecule has 0 aromatic heterocycles. The van der Waals surface area contributed by atoms with E-state index in [1.54, 1.807) is 0 Å². The lowest BCUT2D eigenvalue weighted by Gasteiger charge is -2.16. The Morgan fingerprint density at radius 3 is 2.26 bits per heavy atom. The van der Waals surface area contributed by atoms with Crippen molar-refractivity contribution in [3.05, 3.63) is 87.9 Å². The van der Waals surface area contributed by atoms with Crippen molar-refractivity contribution in [3.63, 3.8) is 0 Å². The third kappa shape index (κ3) is 9.73. The number of alkyl halides is 3. The van der Waals surface area contributed by atoms with Crippen LogP contribution in [-0.4, -0.2) is 30.1 Å². The number of hydrogen-bond donors (Lipinski definition) is 2. The lowest BCUT2D eigenvalue weighted by Crippen LogP contribution is -2.24. The number of nitrogens with one attached hydrogen (secondary N) is 1. The number of carbonyl (C=O) groups excluding carboxylic acids is 1. The van der Waals surface area contributed by atoms with Crippen LogP contribution in [-0.2, 0) is 17.4 Å². The fourth-order valence-electron chi connectivity index (χ4n) is 4.19. The van der Waals surface area contributed by atoms with E-state index in [9.17, 15) is 22.8 Å². The number of unbranched alkanes of at least 4 members (excludes halogenated alkanes) is 5. The quantitative estimate of drug-likeness (QED) is 0.183. The average molecular weight is 606 g/mol. The molecule has 2 N–H and O–H groups in total. The molecule has 3 aromatic rings. The zero-order valence-electron chi connectivity index (χ0n) is 21.4. The summed E-state index contributed by atoms with van der Waals surface area (Å²) in [7, 11) is 0. The highest BCUT2D eigenvalue weighted by molar-refractivity contribution is 9.10. The molecule has 0 aliphatic heterocycles. The summed E-state index contributed by atoms with van der Waals surface area (Å²) in [6.45, 7) is -0.223. The molecule has 5 nitrogen and oxygen atoms in total. The van der Waals surface area contributed by atoms with E-state index in [1.807, 2.05) is 6.07 Å². The highest BCUT2D eigenvalue weighted by Gasteiger charge is 2.31. The molecule has 0 spiro atoms. The van der Waals surface area contributed by atoms with Crippen LogP contribution in [0.15, 0.2) is 71.2 Å². The second-order valence-electron chi connectivity index (χ2n) is 9.21. The van der Waals surface area contributed by atoms with Gasteiger partial charge in [0.1, 0.15) is 5.75 Å². The molecule has 208 valence electrons. The lowest BCUT2D eigenvalue weighted by atomic mass is 9.99. The van der Waals surface area contributed by atoms with Crippen LogP contribution in [0.3, 0.4) is 0 Å². The van der Waals surface area contributed by atoms with Crippen molar-refractivity contribution >= 4 is 27.8 Å². The van der Waals surface area contributed by atoms with Crippen molar-refractivity contribution in [2.24, 2.45) is 0 Å². The number of hydrogen-bond acceptors (Lipinski definition) is 3. The number of aliphatic carboxylic acids is 1. The normalized spacial score (nSPS) is 11.3. The number of halogens is 4. The van der Waals surface area contributed by atoms with Gasteiger partial charge in [-0.2, -0.15) is 13.2 Å². The van der Waals surface area contributed by atoms with Crippen molar-refractivity contribution in [3.8, 4) is 16.9 Å². The highest BCUT2D eigenvalue weighted by atomic mass is 79.9. The van der Waals surface area contributed by atoms with Crippen LogP contribution in [0.4, 0.5) is 13.2 Å². The van der Waals surface area contributed by atoms with E-state index in [-0.39, 0.29) is 32.8 Å². The molecule has 9 heteroatoms. The van der Waals surface area contributed by atoms with Gasteiger partial charge in [0.2, 0.25) is 0 Å². The molecule has 0 fully saturated rings. The molecule has 0 unspecified atom stereocenters. The van der Waals surface area contributed by atoms with Crippen LogP contribution >= 0.6 is 15.9 Å². The molecule has 0 heterocycles. The Morgan fingerprint density at radius 2 is 1.56 bits per heavy atom. The highest BCUT2D eigenvalue weighted by Crippen LogP contribution is 2.40. The van der Waals surface area contributed by atoms with E-state index >= 15 is 0 Å². The third-order valence-corrected chi connectivity index (χ3v) is 6.76. The van der Waals surface area contributed by atoms with Gasteiger partial charge >= 0.3 is 12.1 Å². The molecule has 3 rings (SSSR count). The van der Waals surface area contributed by atoms with Crippen molar-refractivity contribution < 1.29 is 32.6 Å². The van der Waals surface area contributed by atoms with E-state index in [1.165, 1.54) is 29.8 Å². The maximum atomic E-state index is 13.3. The fraction of sp³-hybridized carbons (Fsp3) is 0.333. The maximum absolute atomic E-state index is 13.3. The lowest BCUT2D eigenvalue weighted by molar-refractivity contribution is -0.139. The van der Waals surface area contributed by atoms with E-state index < -0.39 is 24.3 Å². The van der Waals surface area contributed by atoms with Gasteiger partial charge in [0.05, 0.1) is 10.0 Å². The van der Waals surface area contributed by atoms with Gasteiger partial charge in [0.15, 0.2) is 6.61 Å². The predicted octanol–water partition coefficient (Wildman–Crippen LogP) is 7.91. The molecule has 0 bridgehead atoms. The van der Waals surface area contributed by atoms with Gasteiger partial charge in [0.25, 0.3) is 5.91 Å². The summed E-state index contributed by atoms with van der Waals surface area (Å²) in [4.78, 5) is 23.9. The first kappa shape index (κ1) is 30.2. The van der Waals surface area contributed by atoms with Crippen molar-refractivity contribution in [1.82, 2.24) is 5.32 Å². The molecule has 39 heavy (non-hydrogen) atoms. The summed E-state index contributed by atoms with van der Waals surface area (Å²) < 4.78 is 45.5. The van der Waals surface area contributed by atoms with Gasteiger partial charge in [0, 0.05) is 17.7 Å². The summed E-state index contributed by atoms with van der Waals surface area (Å²) in [5, 5.41) is 11.9. The smallest absolute Gasteiger partial charge is 0.416 e. The van der Waals surface area contributed by atoms with E-state index in [0.29, 0.717) is 6.54 Å². The third-order valence-electron chi connectivity index (χ3n) is 6.17. The number of ether oxygens (including phenoxy) is 1. The Balaban J connectivity index is 1.57. The minimum absolute atomic E-state index is 0.0422. The SMILES string of the molecule is O=C(O)COc1c(Br)cc(C(=O)NCCCCCCCCc2ccccc2)cc1-c1cccc(C(F)(F)F)c1. The summed E-state index contributed by atoms with van der Waals surface area (Å²) in [5.74, 6) is -1.58. The minimum atomic E-state index is -4.56. The summed E-state index contributed by atoms with van der Waals surface area (Å²) in [6, 6.07) is 17.9. The van der Waals surface area contributed by atoms with Crippen molar-refractivity contribution in [1.29, 1.82) is 0 Å². The molecular weight excluding hydrogens is 575 g/mol. The van der Waals surface area contributed by atoms with Crippen LogP contribution in [0.25, 0.3) is 11.1 Å². The Kier molecular flexibility index (Phi) is 11.4. The summed E-state index contributed by atoms with van der Waals surface area (Å²) in [5.41, 5.74) is 1.03. The molecule has 0 aliphatic rings. The topological polar surface area (TPSA) is 75.6 Å². The summed E-state index contributed by atoms with van der Waals surface area (Å²) >= 11 is 3.29. The molecule has 0 radical (unpaired) electrons. The zero-order chi connectivity index (χ0) is 28.3. The predicted molar refractivity (Wildman–Crippen MR) is 148 cm³/mol. The van der Waals surface area contributed by atoms with Gasteiger partial charge < -0.3 is 15.2 Å². The first-order valence-corrected chi connectivity index (χ1v) is 13.6. The number of rotatable bonds is 14. The monoisotopic (exact) mass is 605 g/mol. The molecule has 0 aliphatic carbocycles. The molecule has 1 amide bonds. The van der Waals surface area contributed by atoms with Crippen LogP contribution in [0.5, 0.6) is 5.75 Å². The van der Waals surface area contributed by atoms with Crippen LogP contribution in [0, 0.1) is 0 Å². The first-order chi connectivity index (χ1) is 18.6. The standard InChI is InChI=1S/C30H31BrF3NO4/c31-26-19-23(29(38)35-16-9-4-2-1-3-6-11-21-12-7-5-8-13-21)18-25(28(26)39-20-27(36)37)22-14-10-15-24(17-22)30(32,33)34/h5,7-8,10,12-15,17-19H,1-4,6,9,11,16,20H2,(H,35,38)(H,36,37). The number of amides is 1. The Hall–Kier alpha value is -3.33. The van der Waals surface area contributed by atoms with Crippen LogP contribution < -0.4 is 10.1 Å². The van der Waals surface area contributed by atoms with Gasteiger partial charge in [-0.3, -0.25) is 4.79 Å². The van der Waals surface area contributed by atoms with Gasteiger partial charge in [-0.05, 0) is 70.6 Å². The van der Waals surface area contributed by atoms with Crippen molar-refractivity contribution in [2.45, 2.75) is 51.1 Å². The molecular formula is C30H31BrF3NO4. The Bertz CT molecular complexity index is 1250. The maximum Gasteiger partial charge on any atom is 0.416 e. The number of benzene rings is 3. The van der Waals surface area contributed by atoms with Gasteiger partial charge in [-0.1, -0.05) is 68.1 Å². The van der Waals surface area contributed by atoms with Gasteiger partial charge in [-0.25, -0.2) is 4.79 Å². The second-order valence-corrected chi connectivity index (χ2v) is 10.1. The fourth-order valence-corrected chi connectivity index (χ4v) is 4.77. The number of carboxylic acid groups (broad SMARTS) is 1. The molecule has 0 saturated heterocycles. The van der Waals surface area contributed by atoms with Crippen LogP contribution in [0.2, 0.25) is 0 Å². The zero-order valence-corrected chi connectivity index (χ0v) is 23.0. The average Bonchev–Trinajstić information content (AvgIpc) is 2.91. The minimum Gasteiger partial charge on any atom is -0.480 e. The second kappa shape index (κ2) is 14.7. The number of carboxylic acids is 1.